The van der Waals surface area contributed by atoms with Crippen LogP contribution in [0.5, 0.6) is 0 Å². The highest BCUT2D eigenvalue weighted by molar-refractivity contribution is 6.01. The summed E-state index contributed by atoms with van der Waals surface area (Å²) in [6.45, 7) is 5.38. The Morgan fingerprint density at radius 1 is 1.32 bits per heavy atom. The number of fused-ring (bicyclic) bond motifs is 1. The topological polar surface area (TPSA) is 92.4 Å². The molecule has 0 heterocycles. The summed E-state index contributed by atoms with van der Waals surface area (Å²) in [5, 5.41) is 10.4. The summed E-state index contributed by atoms with van der Waals surface area (Å²) in [4.78, 5) is 21.1. The number of amides is 1. The van der Waals surface area contributed by atoms with Crippen LogP contribution in [-0.2, 0) is 6.42 Å². The van der Waals surface area contributed by atoms with Crippen LogP contribution in [0.2, 0.25) is 0 Å². The predicted molar refractivity (Wildman–Crippen MR) is 74.4 cm³/mol. The summed E-state index contributed by atoms with van der Waals surface area (Å²) in [5.74, 6) is 0.229. The van der Waals surface area contributed by atoms with Gasteiger partial charge in [-0.25, -0.2) is 4.79 Å². The molecule has 0 spiro atoms. The van der Waals surface area contributed by atoms with Crippen molar-refractivity contribution in [2.24, 2.45) is 0 Å². The number of rotatable bonds is 0. The third kappa shape index (κ3) is 4.99. The van der Waals surface area contributed by atoms with Crippen molar-refractivity contribution in [3.05, 3.63) is 29.3 Å². The Balaban J connectivity index is 0.000000203. The van der Waals surface area contributed by atoms with Crippen molar-refractivity contribution in [2.45, 2.75) is 39.2 Å². The average Bonchev–Trinajstić information content (AvgIpc) is 2.57. The van der Waals surface area contributed by atoms with Crippen LogP contribution in [0.4, 0.5) is 10.5 Å². The van der Waals surface area contributed by atoms with Crippen LogP contribution >= 0.6 is 0 Å². The molecule has 1 aromatic rings. The maximum absolute atomic E-state index is 11.2. The summed E-state index contributed by atoms with van der Waals surface area (Å²) in [5.41, 5.74) is 7.86. The molecule has 0 fully saturated rings. The molecule has 1 aliphatic rings. The highest BCUT2D eigenvalue weighted by Gasteiger charge is 2.18. The average molecular weight is 264 g/mol. The van der Waals surface area contributed by atoms with Gasteiger partial charge in [0.25, 0.3) is 0 Å². The lowest BCUT2D eigenvalue weighted by molar-refractivity contribution is 0.0994. The minimum atomic E-state index is -0.975. The van der Waals surface area contributed by atoms with E-state index >= 15 is 0 Å². The molecule has 4 N–H and O–H groups in total. The number of nitrogens with one attached hydrogen (secondary N) is 1. The number of carbonyl (C=O) groups excluding carboxylic acids is 1. The van der Waals surface area contributed by atoms with Gasteiger partial charge in [0, 0.05) is 23.2 Å². The smallest absolute Gasteiger partial charge is 0.405 e. The molecule has 1 aliphatic carbocycles. The molecule has 0 saturated carbocycles. The van der Waals surface area contributed by atoms with Crippen LogP contribution < -0.4 is 11.1 Å². The maximum Gasteiger partial charge on any atom is 0.405 e. The first kappa shape index (κ1) is 15.0. The number of hydrogen-bond donors (Lipinski definition) is 3. The summed E-state index contributed by atoms with van der Waals surface area (Å²) >= 11 is 0. The molecule has 0 unspecified atom stereocenters. The van der Waals surface area contributed by atoms with E-state index in [4.69, 9.17) is 10.8 Å². The fourth-order valence-electron chi connectivity index (χ4n) is 1.78. The van der Waals surface area contributed by atoms with Crippen LogP contribution in [0.1, 0.15) is 43.1 Å². The van der Waals surface area contributed by atoms with E-state index in [9.17, 15) is 9.59 Å². The molecule has 2 rings (SSSR count). The summed E-state index contributed by atoms with van der Waals surface area (Å²) in [7, 11) is 0. The zero-order valence-electron chi connectivity index (χ0n) is 11.5. The molecule has 0 atom stereocenters. The Kier molecular flexibility index (Phi) is 4.53. The molecule has 0 aromatic heterocycles. The molecule has 0 radical (unpaired) electrons. The number of hydrogen-bond acceptors (Lipinski definition) is 3. The van der Waals surface area contributed by atoms with E-state index in [0.29, 0.717) is 12.1 Å². The van der Waals surface area contributed by atoms with Gasteiger partial charge >= 0.3 is 6.09 Å². The summed E-state index contributed by atoms with van der Waals surface area (Å²) < 4.78 is 0. The molecule has 5 nitrogen and oxygen atoms in total. The highest BCUT2D eigenvalue weighted by atomic mass is 16.4. The number of ketones is 1. The van der Waals surface area contributed by atoms with Gasteiger partial charge in [-0.05, 0) is 44.9 Å². The van der Waals surface area contributed by atoms with Gasteiger partial charge in [0.2, 0.25) is 0 Å². The van der Waals surface area contributed by atoms with E-state index in [2.05, 4.69) is 5.32 Å². The first-order chi connectivity index (χ1) is 8.69. The van der Waals surface area contributed by atoms with Crippen LogP contribution in [0.25, 0.3) is 0 Å². The van der Waals surface area contributed by atoms with Crippen LogP contribution in [-0.4, -0.2) is 22.5 Å². The molecule has 1 aromatic carbocycles. The minimum absolute atomic E-state index is 0.229. The van der Waals surface area contributed by atoms with Gasteiger partial charge in [0.15, 0.2) is 5.78 Å². The third-order valence-electron chi connectivity index (χ3n) is 2.54. The van der Waals surface area contributed by atoms with E-state index in [0.717, 1.165) is 17.5 Å². The second-order valence-electron chi connectivity index (χ2n) is 5.52. The number of carbonyl (C=O) groups is 2. The Hall–Kier alpha value is -2.04. The number of nitrogens with two attached hydrogens (primary N) is 1. The quantitative estimate of drug-likeness (QED) is 0.627. The molecule has 104 valence electrons. The highest BCUT2D eigenvalue weighted by Crippen LogP contribution is 2.23. The van der Waals surface area contributed by atoms with Crippen molar-refractivity contribution in [2.75, 3.05) is 5.73 Å². The van der Waals surface area contributed by atoms with E-state index in [1.165, 1.54) is 0 Å². The number of benzene rings is 1. The molecule has 0 bridgehead atoms. The molecular weight excluding hydrogens is 244 g/mol. The zero-order valence-corrected chi connectivity index (χ0v) is 11.5. The third-order valence-corrected chi connectivity index (χ3v) is 2.54. The van der Waals surface area contributed by atoms with Gasteiger partial charge in [-0.15, -0.1) is 0 Å². The van der Waals surface area contributed by atoms with Gasteiger partial charge in [0.1, 0.15) is 0 Å². The Morgan fingerprint density at radius 2 is 1.95 bits per heavy atom. The number of anilines is 1. The first-order valence-corrected chi connectivity index (χ1v) is 6.12. The van der Waals surface area contributed by atoms with E-state index < -0.39 is 6.09 Å². The summed E-state index contributed by atoms with van der Waals surface area (Å²) in [6.07, 6.45) is 0.560. The van der Waals surface area contributed by atoms with Gasteiger partial charge in [-0.3, -0.25) is 4.79 Å². The molecular formula is C14H20N2O3. The maximum atomic E-state index is 11.2. The fraction of sp³-hybridized carbons (Fsp3) is 0.429. The molecule has 1 amide bonds. The minimum Gasteiger partial charge on any atom is -0.465 e. The van der Waals surface area contributed by atoms with E-state index in [1.807, 2.05) is 12.1 Å². The molecule has 19 heavy (non-hydrogen) atoms. The lowest BCUT2D eigenvalue weighted by atomic mass is 10.1. The monoisotopic (exact) mass is 264 g/mol. The molecule has 5 heteroatoms. The van der Waals surface area contributed by atoms with Crippen molar-refractivity contribution in [1.82, 2.24) is 5.32 Å². The molecule has 0 aliphatic heterocycles. The van der Waals surface area contributed by atoms with Crippen molar-refractivity contribution < 1.29 is 14.7 Å². The first-order valence-electron chi connectivity index (χ1n) is 6.12. The van der Waals surface area contributed by atoms with Crippen molar-refractivity contribution >= 4 is 17.6 Å². The largest absolute Gasteiger partial charge is 0.465 e. The second kappa shape index (κ2) is 5.73. The van der Waals surface area contributed by atoms with Crippen LogP contribution in [0.3, 0.4) is 0 Å². The van der Waals surface area contributed by atoms with Crippen LogP contribution in [0, 0.1) is 0 Å². The Bertz CT molecular complexity index is 490. The molecule has 0 saturated heterocycles. The van der Waals surface area contributed by atoms with E-state index in [-0.39, 0.29) is 11.3 Å². The van der Waals surface area contributed by atoms with Crippen molar-refractivity contribution in [3.63, 3.8) is 0 Å². The summed E-state index contributed by atoms with van der Waals surface area (Å²) in [6, 6.07) is 5.55. The SMILES string of the molecule is CC(C)(C)NC(=O)O.Nc1ccc2c(c1)C(=O)CC2. The number of Topliss-reactive ketones (excluding diaryl/α,β-unsaturated/α-hetero) is 1. The lowest BCUT2D eigenvalue weighted by Gasteiger charge is -2.16. The van der Waals surface area contributed by atoms with E-state index in [1.54, 1.807) is 26.8 Å². The lowest BCUT2D eigenvalue weighted by Crippen LogP contribution is -2.39. The fourth-order valence-corrected chi connectivity index (χ4v) is 1.78. The number of aryl methyl sites for hydroxylation is 1. The van der Waals surface area contributed by atoms with Gasteiger partial charge in [-0.1, -0.05) is 6.07 Å². The standard InChI is InChI=1S/C9H9NO.C5H11NO2/c10-7-3-1-6-2-4-9(11)8(6)5-7;1-5(2,3)6-4(7)8/h1,3,5H,2,4,10H2;6H,1-3H3,(H,7,8). The van der Waals surface area contributed by atoms with Crippen molar-refractivity contribution in [3.8, 4) is 0 Å². The predicted octanol–water partition coefficient (Wildman–Crippen LogP) is 2.45. The second-order valence-corrected chi connectivity index (χ2v) is 5.52. The Labute approximate surface area is 112 Å². The van der Waals surface area contributed by atoms with Gasteiger partial charge in [-0.2, -0.15) is 0 Å². The van der Waals surface area contributed by atoms with Gasteiger partial charge < -0.3 is 16.2 Å². The zero-order chi connectivity index (χ0) is 14.6. The number of carboxylic acid groups (broad SMARTS) is 1. The Morgan fingerprint density at radius 3 is 2.42 bits per heavy atom. The van der Waals surface area contributed by atoms with Crippen LogP contribution in [0.15, 0.2) is 18.2 Å². The normalized spacial score (nSPS) is 13.3. The van der Waals surface area contributed by atoms with Crippen molar-refractivity contribution in [1.29, 1.82) is 0 Å². The number of nitrogen functional groups attached to an aromatic ring is 1. The van der Waals surface area contributed by atoms with Gasteiger partial charge in [0.05, 0.1) is 0 Å².